The van der Waals surface area contributed by atoms with E-state index in [0.29, 0.717) is 18.2 Å². The highest BCUT2D eigenvalue weighted by atomic mass is 16.5. The monoisotopic (exact) mass is 355 g/mol. The SMILES string of the molecule is CCOC(=O)c1ccc(NC2CCN(c3cc(CC)ncn3)CC2)nc1. The molecule has 26 heavy (non-hydrogen) atoms. The minimum absolute atomic E-state index is 0.337. The number of carbonyl (C=O) groups excluding carboxylic acids is 1. The van der Waals surface area contributed by atoms with Crippen LogP contribution in [0.25, 0.3) is 0 Å². The van der Waals surface area contributed by atoms with E-state index in [9.17, 15) is 4.79 Å². The van der Waals surface area contributed by atoms with Crippen molar-refractivity contribution in [2.75, 3.05) is 29.9 Å². The summed E-state index contributed by atoms with van der Waals surface area (Å²) in [5.41, 5.74) is 1.55. The number of ether oxygens (including phenoxy) is 1. The van der Waals surface area contributed by atoms with Gasteiger partial charge in [0.2, 0.25) is 0 Å². The summed E-state index contributed by atoms with van der Waals surface area (Å²) in [7, 11) is 0. The molecule has 1 aliphatic rings. The first-order valence-electron chi connectivity index (χ1n) is 9.15. The normalized spacial score (nSPS) is 14.9. The van der Waals surface area contributed by atoms with Gasteiger partial charge in [0.05, 0.1) is 12.2 Å². The third kappa shape index (κ3) is 4.47. The van der Waals surface area contributed by atoms with Crippen molar-refractivity contribution in [3.8, 4) is 0 Å². The van der Waals surface area contributed by atoms with Gasteiger partial charge in [-0.05, 0) is 38.3 Å². The zero-order valence-electron chi connectivity index (χ0n) is 15.3. The van der Waals surface area contributed by atoms with E-state index in [-0.39, 0.29) is 5.97 Å². The van der Waals surface area contributed by atoms with Crippen LogP contribution in [0.2, 0.25) is 0 Å². The topological polar surface area (TPSA) is 80.2 Å². The summed E-state index contributed by atoms with van der Waals surface area (Å²) in [4.78, 5) is 27.0. The predicted octanol–water partition coefficient (Wildman–Crippen LogP) is 2.69. The lowest BCUT2D eigenvalue weighted by molar-refractivity contribution is 0.0526. The maximum atomic E-state index is 11.7. The van der Waals surface area contributed by atoms with E-state index >= 15 is 0 Å². The number of rotatable bonds is 6. The largest absolute Gasteiger partial charge is 0.462 e. The lowest BCUT2D eigenvalue weighted by Gasteiger charge is -2.33. The molecule has 138 valence electrons. The second-order valence-electron chi connectivity index (χ2n) is 6.28. The van der Waals surface area contributed by atoms with E-state index in [2.05, 4.69) is 38.2 Å². The maximum absolute atomic E-state index is 11.7. The summed E-state index contributed by atoms with van der Waals surface area (Å²) >= 11 is 0. The average molecular weight is 355 g/mol. The molecule has 2 aromatic rings. The minimum Gasteiger partial charge on any atom is -0.462 e. The predicted molar refractivity (Wildman–Crippen MR) is 100 cm³/mol. The fourth-order valence-corrected chi connectivity index (χ4v) is 3.03. The first-order valence-corrected chi connectivity index (χ1v) is 9.15. The maximum Gasteiger partial charge on any atom is 0.339 e. The fourth-order valence-electron chi connectivity index (χ4n) is 3.03. The molecule has 1 N–H and O–H groups in total. The van der Waals surface area contributed by atoms with E-state index in [1.165, 1.54) is 0 Å². The summed E-state index contributed by atoms with van der Waals surface area (Å²) in [5, 5.41) is 3.45. The summed E-state index contributed by atoms with van der Waals surface area (Å²) in [6.07, 6.45) is 6.14. The fraction of sp³-hybridized carbons (Fsp3) is 0.474. The molecule has 1 saturated heterocycles. The lowest BCUT2D eigenvalue weighted by atomic mass is 10.0. The number of esters is 1. The van der Waals surface area contributed by atoms with Crippen LogP contribution in [0.15, 0.2) is 30.7 Å². The first-order chi connectivity index (χ1) is 12.7. The van der Waals surface area contributed by atoms with Gasteiger partial charge in [0.15, 0.2) is 0 Å². The molecule has 0 radical (unpaired) electrons. The molecule has 7 heteroatoms. The zero-order chi connectivity index (χ0) is 18.4. The van der Waals surface area contributed by atoms with E-state index in [4.69, 9.17) is 4.74 Å². The minimum atomic E-state index is -0.337. The lowest BCUT2D eigenvalue weighted by Crippen LogP contribution is -2.39. The molecule has 1 fully saturated rings. The summed E-state index contributed by atoms with van der Waals surface area (Å²) in [5.74, 6) is 1.45. The number of nitrogens with one attached hydrogen (secondary N) is 1. The first kappa shape index (κ1) is 18.1. The Hall–Kier alpha value is -2.70. The van der Waals surface area contributed by atoms with Crippen LogP contribution in [0.1, 0.15) is 42.7 Å². The molecule has 0 amide bonds. The Morgan fingerprint density at radius 2 is 2.04 bits per heavy atom. The van der Waals surface area contributed by atoms with E-state index in [0.717, 1.165) is 49.7 Å². The number of hydrogen-bond acceptors (Lipinski definition) is 7. The molecule has 0 aromatic carbocycles. The Kier molecular flexibility index (Phi) is 5.99. The van der Waals surface area contributed by atoms with Crippen molar-refractivity contribution in [3.05, 3.63) is 42.0 Å². The number of hydrogen-bond donors (Lipinski definition) is 1. The number of piperidine rings is 1. The van der Waals surface area contributed by atoms with Crippen molar-refractivity contribution < 1.29 is 9.53 Å². The van der Waals surface area contributed by atoms with Gasteiger partial charge in [-0.2, -0.15) is 0 Å². The van der Waals surface area contributed by atoms with Gasteiger partial charge in [0.1, 0.15) is 18.0 Å². The molecule has 0 bridgehead atoms. The number of nitrogens with zero attached hydrogens (tertiary/aromatic N) is 4. The van der Waals surface area contributed by atoms with E-state index in [1.54, 1.807) is 25.5 Å². The van der Waals surface area contributed by atoms with Crippen molar-refractivity contribution in [1.82, 2.24) is 15.0 Å². The quantitative estimate of drug-likeness (QED) is 0.798. The van der Waals surface area contributed by atoms with Gasteiger partial charge < -0.3 is 15.0 Å². The van der Waals surface area contributed by atoms with Gasteiger partial charge >= 0.3 is 5.97 Å². The third-order valence-electron chi connectivity index (χ3n) is 4.52. The molecular formula is C19H25N5O2. The van der Waals surface area contributed by atoms with Crippen LogP contribution in [0, 0.1) is 0 Å². The molecule has 7 nitrogen and oxygen atoms in total. The molecule has 0 spiro atoms. The van der Waals surface area contributed by atoms with Crippen LogP contribution in [0.3, 0.4) is 0 Å². The Balaban J connectivity index is 1.53. The summed E-state index contributed by atoms with van der Waals surface area (Å²) < 4.78 is 4.97. The third-order valence-corrected chi connectivity index (χ3v) is 4.52. The number of anilines is 2. The molecule has 0 unspecified atom stereocenters. The van der Waals surface area contributed by atoms with Crippen LogP contribution in [-0.2, 0) is 11.2 Å². The molecule has 3 rings (SSSR count). The number of carbonyl (C=O) groups is 1. The van der Waals surface area contributed by atoms with Crippen LogP contribution in [-0.4, -0.2) is 46.7 Å². The molecule has 0 atom stereocenters. The van der Waals surface area contributed by atoms with Crippen molar-refractivity contribution >= 4 is 17.6 Å². The Morgan fingerprint density at radius 3 is 2.69 bits per heavy atom. The van der Waals surface area contributed by atoms with Crippen LogP contribution in [0.4, 0.5) is 11.6 Å². The summed E-state index contributed by atoms with van der Waals surface area (Å²) in [6.45, 7) is 6.14. The number of aromatic nitrogens is 3. The highest BCUT2D eigenvalue weighted by Crippen LogP contribution is 2.20. The van der Waals surface area contributed by atoms with Gasteiger partial charge in [-0.15, -0.1) is 0 Å². The number of aryl methyl sites for hydroxylation is 1. The van der Waals surface area contributed by atoms with Gasteiger partial charge in [-0.1, -0.05) is 6.92 Å². The van der Waals surface area contributed by atoms with Crippen LogP contribution in [0.5, 0.6) is 0 Å². The molecule has 3 heterocycles. The Labute approximate surface area is 153 Å². The van der Waals surface area contributed by atoms with Gasteiger partial charge in [-0.25, -0.2) is 19.7 Å². The Bertz CT molecular complexity index is 727. The van der Waals surface area contributed by atoms with E-state index in [1.807, 2.05) is 6.07 Å². The standard InChI is InChI=1S/C19H25N5O2/c1-3-15-11-18(22-13-21-15)24-9-7-16(8-10-24)23-17-6-5-14(12-20-17)19(25)26-4-2/h5-6,11-13,16H,3-4,7-10H2,1-2H3,(H,20,23). The smallest absolute Gasteiger partial charge is 0.339 e. The van der Waals surface area contributed by atoms with Crippen LogP contribution < -0.4 is 10.2 Å². The van der Waals surface area contributed by atoms with Crippen molar-refractivity contribution in [2.24, 2.45) is 0 Å². The second kappa shape index (κ2) is 8.60. The van der Waals surface area contributed by atoms with Gasteiger partial charge in [0, 0.05) is 37.1 Å². The van der Waals surface area contributed by atoms with Crippen molar-refractivity contribution in [3.63, 3.8) is 0 Å². The highest BCUT2D eigenvalue weighted by molar-refractivity contribution is 5.89. The molecular weight excluding hydrogens is 330 g/mol. The molecule has 0 saturated carbocycles. The van der Waals surface area contributed by atoms with Gasteiger partial charge in [0.25, 0.3) is 0 Å². The average Bonchev–Trinajstić information content (AvgIpc) is 2.69. The number of pyridine rings is 1. The zero-order valence-corrected chi connectivity index (χ0v) is 15.3. The summed E-state index contributed by atoms with van der Waals surface area (Å²) in [6, 6.07) is 6.01. The second-order valence-corrected chi connectivity index (χ2v) is 6.28. The molecule has 2 aromatic heterocycles. The molecule has 1 aliphatic heterocycles. The van der Waals surface area contributed by atoms with Gasteiger partial charge in [-0.3, -0.25) is 0 Å². The van der Waals surface area contributed by atoms with Crippen LogP contribution >= 0.6 is 0 Å². The Morgan fingerprint density at radius 1 is 1.23 bits per heavy atom. The highest BCUT2D eigenvalue weighted by Gasteiger charge is 2.20. The van der Waals surface area contributed by atoms with Crippen molar-refractivity contribution in [2.45, 2.75) is 39.2 Å². The van der Waals surface area contributed by atoms with E-state index < -0.39 is 0 Å². The molecule has 0 aliphatic carbocycles. The van der Waals surface area contributed by atoms with Crippen molar-refractivity contribution in [1.29, 1.82) is 0 Å².